The molecule has 1 aromatic heterocycles. The van der Waals surface area contributed by atoms with Gasteiger partial charge in [-0.3, -0.25) is 9.69 Å². The van der Waals surface area contributed by atoms with E-state index in [1.165, 1.54) is 44.6 Å². The van der Waals surface area contributed by atoms with E-state index in [2.05, 4.69) is 20.4 Å². The molecular weight excluding hydrogens is 471 g/mol. The second-order valence-electron chi connectivity index (χ2n) is 8.34. The molecule has 1 N–H and O–H groups in total. The van der Waals surface area contributed by atoms with Crippen LogP contribution in [0.25, 0.3) is 11.4 Å². The molecule has 0 saturated carbocycles. The number of anilines is 1. The number of esters is 2. The van der Waals surface area contributed by atoms with Gasteiger partial charge in [0, 0.05) is 17.2 Å². The van der Waals surface area contributed by atoms with Gasteiger partial charge in [-0.2, -0.15) is 4.98 Å². The maximum atomic E-state index is 13.1. The molecule has 1 aliphatic heterocycles. The predicted molar refractivity (Wildman–Crippen MR) is 125 cm³/mol. The molecule has 0 aliphatic carbocycles. The van der Waals surface area contributed by atoms with Crippen molar-refractivity contribution in [1.82, 2.24) is 15.0 Å². The smallest absolute Gasteiger partial charge is 0.337 e. The van der Waals surface area contributed by atoms with Crippen LogP contribution in [0.15, 0.2) is 47.0 Å². The van der Waals surface area contributed by atoms with E-state index in [9.17, 15) is 18.8 Å². The Hall–Kier alpha value is -4.12. The molecule has 1 saturated heterocycles. The zero-order chi connectivity index (χ0) is 25.7. The third-order valence-corrected chi connectivity index (χ3v) is 5.93. The Kier molecular flexibility index (Phi) is 7.69. The number of rotatable bonds is 7. The van der Waals surface area contributed by atoms with E-state index < -0.39 is 11.9 Å². The van der Waals surface area contributed by atoms with Crippen molar-refractivity contribution in [3.05, 3.63) is 65.3 Å². The second kappa shape index (κ2) is 11.1. The number of carbonyl (C=O) groups is 3. The Morgan fingerprint density at radius 2 is 1.64 bits per heavy atom. The summed E-state index contributed by atoms with van der Waals surface area (Å²) in [6.45, 7) is 1.72. The average Bonchev–Trinajstić information content (AvgIpc) is 3.36. The Labute approximate surface area is 206 Å². The minimum Gasteiger partial charge on any atom is -0.465 e. The van der Waals surface area contributed by atoms with E-state index in [0.29, 0.717) is 55.4 Å². The van der Waals surface area contributed by atoms with Crippen molar-refractivity contribution in [1.29, 1.82) is 0 Å². The van der Waals surface area contributed by atoms with Crippen molar-refractivity contribution in [3.8, 4) is 11.4 Å². The molecule has 10 nitrogen and oxygen atoms in total. The molecule has 3 aromatic rings. The monoisotopic (exact) mass is 496 g/mol. The molecule has 0 bridgehead atoms. The third-order valence-electron chi connectivity index (χ3n) is 5.93. The molecular formula is C25H25FN4O6. The van der Waals surface area contributed by atoms with Crippen molar-refractivity contribution in [2.45, 2.75) is 19.4 Å². The van der Waals surface area contributed by atoms with Gasteiger partial charge < -0.3 is 19.3 Å². The van der Waals surface area contributed by atoms with Crippen LogP contribution in [0.4, 0.5) is 10.1 Å². The van der Waals surface area contributed by atoms with Crippen LogP contribution >= 0.6 is 0 Å². The summed E-state index contributed by atoms with van der Waals surface area (Å²) in [5, 5.41) is 6.76. The lowest BCUT2D eigenvalue weighted by Gasteiger charge is -2.30. The maximum Gasteiger partial charge on any atom is 0.337 e. The van der Waals surface area contributed by atoms with Crippen LogP contribution < -0.4 is 5.32 Å². The number of amides is 1. The van der Waals surface area contributed by atoms with E-state index in [-0.39, 0.29) is 28.8 Å². The summed E-state index contributed by atoms with van der Waals surface area (Å²) in [4.78, 5) is 43.3. The van der Waals surface area contributed by atoms with Crippen LogP contribution in [0.3, 0.4) is 0 Å². The van der Waals surface area contributed by atoms with E-state index in [1.807, 2.05) is 0 Å². The first-order valence-corrected chi connectivity index (χ1v) is 11.3. The van der Waals surface area contributed by atoms with E-state index >= 15 is 0 Å². The van der Waals surface area contributed by atoms with Crippen LogP contribution in [0.2, 0.25) is 0 Å². The lowest BCUT2D eigenvalue weighted by atomic mass is 9.95. The van der Waals surface area contributed by atoms with Crippen molar-refractivity contribution in [3.63, 3.8) is 0 Å². The Morgan fingerprint density at radius 1 is 1.03 bits per heavy atom. The van der Waals surface area contributed by atoms with Gasteiger partial charge in [-0.05, 0) is 68.4 Å². The Balaban J connectivity index is 1.34. The van der Waals surface area contributed by atoms with Crippen LogP contribution in [0.1, 0.15) is 39.4 Å². The van der Waals surface area contributed by atoms with E-state index in [0.717, 1.165) is 0 Å². The zero-order valence-electron chi connectivity index (χ0n) is 19.8. The highest BCUT2D eigenvalue weighted by Gasteiger charge is 2.27. The molecule has 188 valence electrons. The number of likely N-dealkylation sites (tertiary alicyclic amines) is 1. The fourth-order valence-electron chi connectivity index (χ4n) is 4.00. The van der Waals surface area contributed by atoms with Gasteiger partial charge in [0.2, 0.25) is 17.6 Å². The highest BCUT2D eigenvalue weighted by atomic mass is 19.1. The highest BCUT2D eigenvalue weighted by Crippen LogP contribution is 2.23. The summed E-state index contributed by atoms with van der Waals surface area (Å²) in [6, 6.07) is 10.1. The molecule has 0 atom stereocenters. The summed E-state index contributed by atoms with van der Waals surface area (Å²) in [6.07, 6.45) is 1.21. The van der Waals surface area contributed by atoms with Gasteiger partial charge in [-0.25, -0.2) is 14.0 Å². The summed E-state index contributed by atoms with van der Waals surface area (Å²) >= 11 is 0. The molecule has 0 radical (unpaired) electrons. The summed E-state index contributed by atoms with van der Waals surface area (Å²) in [7, 11) is 2.47. The molecule has 1 aliphatic rings. The van der Waals surface area contributed by atoms with Gasteiger partial charge in [0.1, 0.15) is 5.82 Å². The summed E-state index contributed by atoms with van der Waals surface area (Å²) < 4.78 is 27.9. The molecule has 4 rings (SSSR count). The maximum absolute atomic E-state index is 13.1. The van der Waals surface area contributed by atoms with Gasteiger partial charge in [0.15, 0.2) is 0 Å². The number of methoxy groups -OCH3 is 2. The van der Waals surface area contributed by atoms with Crippen LogP contribution in [-0.2, 0) is 20.8 Å². The molecule has 0 spiro atoms. The minimum atomic E-state index is -0.631. The SMILES string of the molecule is COC(=O)c1cc(NC(=O)C2CCN(Cc3nc(-c4ccc(F)cc4)no3)CC2)cc(C(=O)OC)c1. The summed E-state index contributed by atoms with van der Waals surface area (Å²) in [5.74, 6) is -1.23. The first kappa shape index (κ1) is 25.0. The lowest BCUT2D eigenvalue weighted by Crippen LogP contribution is -2.37. The number of aromatic nitrogens is 2. The number of carbonyl (C=O) groups excluding carboxylic acids is 3. The summed E-state index contributed by atoms with van der Waals surface area (Å²) in [5.41, 5.74) is 1.23. The number of piperidine rings is 1. The average molecular weight is 496 g/mol. The van der Waals surface area contributed by atoms with Gasteiger partial charge in [-0.1, -0.05) is 5.16 Å². The molecule has 11 heteroatoms. The van der Waals surface area contributed by atoms with Gasteiger partial charge in [0.05, 0.1) is 31.9 Å². The number of nitrogens with one attached hydrogen (secondary N) is 1. The van der Waals surface area contributed by atoms with Gasteiger partial charge in [0.25, 0.3) is 0 Å². The minimum absolute atomic E-state index is 0.130. The standard InChI is InChI=1S/C25H25FN4O6/c1-34-24(32)17-11-18(25(33)35-2)13-20(12-17)27-23(31)16-7-9-30(10-8-16)14-21-28-22(29-36-21)15-3-5-19(26)6-4-15/h3-6,11-13,16H,7-10,14H2,1-2H3,(H,27,31). The van der Waals surface area contributed by atoms with Gasteiger partial charge >= 0.3 is 11.9 Å². The molecule has 0 unspecified atom stereocenters. The topological polar surface area (TPSA) is 124 Å². The van der Waals surface area contributed by atoms with Crippen molar-refractivity contribution >= 4 is 23.5 Å². The molecule has 36 heavy (non-hydrogen) atoms. The first-order chi connectivity index (χ1) is 17.4. The Bertz CT molecular complexity index is 1220. The molecule has 2 heterocycles. The lowest BCUT2D eigenvalue weighted by molar-refractivity contribution is -0.121. The predicted octanol–water partition coefficient (Wildman–Crippen LogP) is 3.30. The van der Waals surface area contributed by atoms with Crippen LogP contribution in [0.5, 0.6) is 0 Å². The number of hydrogen-bond donors (Lipinski definition) is 1. The van der Waals surface area contributed by atoms with Crippen LogP contribution in [-0.4, -0.2) is 60.2 Å². The van der Waals surface area contributed by atoms with Crippen LogP contribution in [0, 0.1) is 11.7 Å². The van der Waals surface area contributed by atoms with Crippen molar-refractivity contribution < 1.29 is 32.8 Å². The molecule has 2 aromatic carbocycles. The number of benzene rings is 2. The zero-order valence-corrected chi connectivity index (χ0v) is 19.8. The third kappa shape index (κ3) is 5.92. The van der Waals surface area contributed by atoms with E-state index in [4.69, 9.17) is 14.0 Å². The number of hydrogen-bond acceptors (Lipinski definition) is 9. The molecule has 1 fully saturated rings. The van der Waals surface area contributed by atoms with Gasteiger partial charge in [-0.15, -0.1) is 0 Å². The quantitative estimate of drug-likeness (QED) is 0.491. The number of ether oxygens (including phenoxy) is 2. The largest absolute Gasteiger partial charge is 0.465 e. The fraction of sp³-hybridized carbons (Fsp3) is 0.320. The highest BCUT2D eigenvalue weighted by molar-refractivity contribution is 5.99. The number of nitrogens with zero attached hydrogens (tertiary/aromatic N) is 3. The van der Waals surface area contributed by atoms with E-state index in [1.54, 1.807) is 12.1 Å². The van der Waals surface area contributed by atoms with Crippen molar-refractivity contribution in [2.75, 3.05) is 32.6 Å². The van der Waals surface area contributed by atoms with Crippen molar-refractivity contribution in [2.24, 2.45) is 5.92 Å². The molecule has 1 amide bonds. The Morgan fingerprint density at radius 3 is 2.22 bits per heavy atom. The second-order valence-corrected chi connectivity index (χ2v) is 8.34. The fourth-order valence-corrected chi connectivity index (χ4v) is 4.00. The normalized spacial score (nSPS) is 14.3. The first-order valence-electron chi connectivity index (χ1n) is 11.3. The number of halogens is 1.